The summed E-state index contributed by atoms with van der Waals surface area (Å²) in [6.07, 6.45) is 5.40. The van der Waals surface area contributed by atoms with Crippen LogP contribution in [0.3, 0.4) is 0 Å². The molecule has 0 spiro atoms. The predicted molar refractivity (Wildman–Crippen MR) is 76.0 cm³/mol. The van der Waals surface area contributed by atoms with Gasteiger partial charge in [0.15, 0.2) is 0 Å². The van der Waals surface area contributed by atoms with E-state index in [2.05, 4.69) is 10.3 Å². The van der Waals surface area contributed by atoms with E-state index >= 15 is 0 Å². The van der Waals surface area contributed by atoms with E-state index in [4.69, 9.17) is 5.73 Å². The molecule has 0 bridgehead atoms. The largest absolute Gasteiger partial charge is 0.350 e. The number of thiazole rings is 1. The molecule has 5 heteroatoms. The first-order valence-corrected chi connectivity index (χ1v) is 8.02. The molecule has 2 aliphatic carbocycles. The van der Waals surface area contributed by atoms with Gasteiger partial charge in [-0.25, -0.2) is 4.98 Å². The first kappa shape index (κ1) is 13.1. The van der Waals surface area contributed by atoms with Gasteiger partial charge in [0.2, 0.25) is 0 Å². The number of hydrogen-bond acceptors (Lipinski definition) is 4. The van der Waals surface area contributed by atoms with Crippen LogP contribution in [0.1, 0.15) is 54.1 Å². The van der Waals surface area contributed by atoms with Gasteiger partial charge in [0.05, 0.1) is 6.04 Å². The van der Waals surface area contributed by atoms with Crippen molar-refractivity contribution in [3.8, 4) is 0 Å². The zero-order valence-electron chi connectivity index (χ0n) is 11.3. The molecule has 1 unspecified atom stereocenters. The Balaban J connectivity index is 1.54. The van der Waals surface area contributed by atoms with E-state index < -0.39 is 0 Å². The van der Waals surface area contributed by atoms with E-state index in [-0.39, 0.29) is 11.9 Å². The molecular formula is C14H21N3OS. The Kier molecular flexibility index (Phi) is 3.58. The quantitative estimate of drug-likeness (QED) is 0.839. The lowest BCUT2D eigenvalue weighted by Crippen LogP contribution is -2.31. The maximum Gasteiger partial charge on any atom is 0.270 e. The van der Waals surface area contributed by atoms with Crippen LogP contribution in [-0.4, -0.2) is 17.4 Å². The van der Waals surface area contributed by atoms with Crippen molar-refractivity contribution in [2.24, 2.45) is 23.5 Å². The third kappa shape index (κ3) is 3.15. The summed E-state index contributed by atoms with van der Waals surface area (Å²) in [7, 11) is 0. The Morgan fingerprint density at radius 1 is 1.47 bits per heavy atom. The van der Waals surface area contributed by atoms with Crippen LogP contribution in [0.5, 0.6) is 0 Å². The molecule has 2 aliphatic rings. The minimum atomic E-state index is -0.0998. The Morgan fingerprint density at radius 2 is 2.11 bits per heavy atom. The molecule has 0 radical (unpaired) electrons. The summed E-state index contributed by atoms with van der Waals surface area (Å²) in [6, 6.07) is -0.0998. The van der Waals surface area contributed by atoms with E-state index in [1.165, 1.54) is 37.0 Å². The molecule has 0 aromatic carbocycles. The summed E-state index contributed by atoms with van der Waals surface area (Å²) in [4.78, 5) is 16.4. The molecule has 2 saturated carbocycles. The molecule has 1 heterocycles. The van der Waals surface area contributed by atoms with Crippen molar-refractivity contribution >= 4 is 17.2 Å². The molecule has 1 aromatic rings. The second-order valence-corrected chi connectivity index (χ2v) is 6.80. The highest BCUT2D eigenvalue weighted by Crippen LogP contribution is 2.48. The molecule has 2 fully saturated rings. The molecule has 3 rings (SSSR count). The number of nitrogens with two attached hydrogens (primary N) is 1. The average molecular weight is 279 g/mol. The maximum atomic E-state index is 12.1. The van der Waals surface area contributed by atoms with Crippen LogP contribution in [0.25, 0.3) is 0 Å². The van der Waals surface area contributed by atoms with Gasteiger partial charge in [0.1, 0.15) is 10.7 Å². The van der Waals surface area contributed by atoms with E-state index in [1.54, 1.807) is 5.38 Å². The van der Waals surface area contributed by atoms with Crippen molar-refractivity contribution in [1.82, 2.24) is 10.3 Å². The third-order valence-electron chi connectivity index (χ3n) is 4.10. The van der Waals surface area contributed by atoms with Crippen molar-refractivity contribution < 1.29 is 4.79 Å². The van der Waals surface area contributed by atoms with Crippen LogP contribution >= 0.6 is 11.3 Å². The lowest BCUT2D eigenvalue weighted by Gasteiger charge is -2.15. The van der Waals surface area contributed by atoms with Crippen molar-refractivity contribution in [2.75, 3.05) is 6.54 Å². The molecule has 4 nitrogen and oxygen atoms in total. The minimum Gasteiger partial charge on any atom is -0.350 e. The number of hydrogen-bond donors (Lipinski definition) is 2. The molecule has 3 N–H and O–H groups in total. The van der Waals surface area contributed by atoms with Crippen LogP contribution < -0.4 is 11.1 Å². The number of amides is 1. The van der Waals surface area contributed by atoms with Gasteiger partial charge >= 0.3 is 0 Å². The number of aromatic nitrogens is 1. The first-order chi connectivity index (χ1) is 9.15. The third-order valence-corrected chi connectivity index (χ3v) is 5.14. The second-order valence-electron chi connectivity index (χ2n) is 5.91. The standard InChI is InChI=1S/C14H21N3OS/c1-8(15)14-17-12(7-19-14)13(18)16-6-11(9-2-3-9)10-4-5-10/h7-11H,2-6,15H2,1H3,(H,16,18). The maximum absolute atomic E-state index is 12.1. The topological polar surface area (TPSA) is 68.0 Å². The summed E-state index contributed by atoms with van der Waals surface area (Å²) in [5.74, 6) is 2.38. The fourth-order valence-corrected chi connectivity index (χ4v) is 3.43. The van der Waals surface area contributed by atoms with Crippen molar-refractivity contribution in [1.29, 1.82) is 0 Å². The molecule has 1 atom stereocenters. The highest BCUT2D eigenvalue weighted by molar-refractivity contribution is 7.09. The molecular weight excluding hydrogens is 258 g/mol. The zero-order valence-corrected chi connectivity index (χ0v) is 12.1. The van der Waals surface area contributed by atoms with E-state index in [0.29, 0.717) is 11.6 Å². The molecule has 104 valence electrons. The van der Waals surface area contributed by atoms with Crippen molar-refractivity contribution in [3.63, 3.8) is 0 Å². The molecule has 19 heavy (non-hydrogen) atoms. The fraction of sp³-hybridized carbons (Fsp3) is 0.714. The number of carbonyl (C=O) groups is 1. The SMILES string of the molecule is CC(N)c1nc(C(=O)NCC(C2CC2)C2CC2)cs1. The molecule has 1 amide bonds. The van der Waals surface area contributed by atoms with Gasteiger partial charge in [-0.3, -0.25) is 4.79 Å². The van der Waals surface area contributed by atoms with Gasteiger partial charge < -0.3 is 11.1 Å². The van der Waals surface area contributed by atoms with Gasteiger partial charge in [0, 0.05) is 11.9 Å². The minimum absolute atomic E-state index is 0.0468. The number of carbonyl (C=O) groups excluding carboxylic acids is 1. The second kappa shape index (κ2) is 5.21. The summed E-state index contributed by atoms with van der Waals surface area (Å²) in [5, 5.41) is 5.69. The van der Waals surface area contributed by atoms with Gasteiger partial charge in [0.25, 0.3) is 5.91 Å². The Hall–Kier alpha value is -0.940. The first-order valence-electron chi connectivity index (χ1n) is 7.14. The lowest BCUT2D eigenvalue weighted by atomic mass is 9.98. The number of nitrogens with one attached hydrogen (secondary N) is 1. The van der Waals surface area contributed by atoms with E-state index in [1.807, 2.05) is 6.92 Å². The number of nitrogens with zero attached hydrogens (tertiary/aromatic N) is 1. The smallest absolute Gasteiger partial charge is 0.270 e. The molecule has 1 aromatic heterocycles. The molecule has 0 saturated heterocycles. The molecule has 0 aliphatic heterocycles. The van der Waals surface area contributed by atoms with Crippen molar-refractivity contribution in [2.45, 2.75) is 38.6 Å². The van der Waals surface area contributed by atoms with Gasteiger partial charge in [-0.2, -0.15) is 0 Å². The van der Waals surface area contributed by atoms with Crippen LogP contribution in [0.2, 0.25) is 0 Å². The highest BCUT2D eigenvalue weighted by Gasteiger charge is 2.41. The van der Waals surface area contributed by atoms with E-state index in [9.17, 15) is 4.79 Å². The van der Waals surface area contributed by atoms with Gasteiger partial charge in [-0.15, -0.1) is 11.3 Å². The van der Waals surface area contributed by atoms with Crippen LogP contribution in [-0.2, 0) is 0 Å². The highest BCUT2D eigenvalue weighted by atomic mass is 32.1. The predicted octanol–water partition coefficient (Wildman–Crippen LogP) is 2.33. The number of rotatable bonds is 6. The summed E-state index contributed by atoms with van der Waals surface area (Å²) in [6.45, 7) is 2.70. The van der Waals surface area contributed by atoms with Crippen LogP contribution in [0.15, 0.2) is 5.38 Å². The normalized spacial score (nSPS) is 20.6. The van der Waals surface area contributed by atoms with Crippen molar-refractivity contribution in [3.05, 3.63) is 16.1 Å². The van der Waals surface area contributed by atoms with E-state index in [0.717, 1.165) is 23.4 Å². The Labute approximate surface area is 117 Å². The summed E-state index contributed by atoms with van der Waals surface area (Å²) in [5.41, 5.74) is 6.28. The van der Waals surface area contributed by atoms with Crippen LogP contribution in [0.4, 0.5) is 0 Å². The Morgan fingerprint density at radius 3 is 2.58 bits per heavy atom. The van der Waals surface area contributed by atoms with Gasteiger partial charge in [-0.05, 0) is 50.4 Å². The average Bonchev–Trinajstić information content (AvgIpc) is 3.30. The summed E-state index contributed by atoms with van der Waals surface area (Å²) >= 11 is 1.46. The Bertz CT molecular complexity index is 451. The monoisotopic (exact) mass is 279 g/mol. The fourth-order valence-electron chi connectivity index (χ4n) is 2.67. The summed E-state index contributed by atoms with van der Waals surface area (Å²) < 4.78 is 0. The lowest BCUT2D eigenvalue weighted by molar-refractivity contribution is 0.0939. The zero-order chi connectivity index (χ0) is 13.4. The van der Waals surface area contributed by atoms with Gasteiger partial charge in [-0.1, -0.05) is 0 Å². The van der Waals surface area contributed by atoms with Crippen LogP contribution in [0, 0.1) is 17.8 Å².